The van der Waals surface area contributed by atoms with E-state index in [4.69, 9.17) is 18.9 Å². The van der Waals surface area contributed by atoms with Crippen LogP contribution in [0.25, 0.3) is 0 Å². The molecule has 0 aliphatic carbocycles. The predicted molar refractivity (Wildman–Crippen MR) is 111 cm³/mol. The number of amides is 1. The Bertz CT molecular complexity index is 924. The summed E-state index contributed by atoms with van der Waals surface area (Å²) < 4.78 is 21.6. The van der Waals surface area contributed by atoms with Crippen LogP contribution in [0.15, 0.2) is 36.4 Å². The first-order chi connectivity index (χ1) is 14.4. The van der Waals surface area contributed by atoms with Gasteiger partial charge in [0.25, 0.3) is 5.91 Å². The molecule has 0 saturated heterocycles. The number of fused-ring (bicyclic) bond motifs is 1. The van der Waals surface area contributed by atoms with Crippen molar-refractivity contribution in [1.29, 1.82) is 0 Å². The zero-order chi connectivity index (χ0) is 21.7. The molecule has 3 rings (SSSR count). The van der Waals surface area contributed by atoms with Gasteiger partial charge in [-0.05, 0) is 42.7 Å². The molecule has 30 heavy (non-hydrogen) atoms. The van der Waals surface area contributed by atoms with Crippen LogP contribution in [0.4, 0.5) is 0 Å². The van der Waals surface area contributed by atoms with Crippen molar-refractivity contribution in [2.24, 2.45) is 5.92 Å². The lowest BCUT2D eigenvalue weighted by Crippen LogP contribution is -2.35. The van der Waals surface area contributed by atoms with Crippen LogP contribution in [-0.2, 0) is 9.53 Å². The van der Waals surface area contributed by atoms with Crippen molar-refractivity contribution in [2.45, 2.75) is 26.8 Å². The van der Waals surface area contributed by atoms with Gasteiger partial charge in [0, 0.05) is 0 Å². The van der Waals surface area contributed by atoms with Gasteiger partial charge in [-0.15, -0.1) is 0 Å². The summed E-state index contributed by atoms with van der Waals surface area (Å²) in [6, 6.07) is 10.6. The molecule has 0 radical (unpaired) electrons. The summed E-state index contributed by atoms with van der Waals surface area (Å²) in [7, 11) is 1.48. The molecule has 0 spiro atoms. The second kappa shape index (κ2) is 9.52. The molecule has 1 N–H and O–H groups in total. The number of esters is 1. The smallest absolute Gasteiger partial charge is 0.342 e. The first kappa shape index (κ1) is 21.5. The average Bonchev–Trinajstić information content (AvgIpc) is 2.75. The van der Waals surface area contributed by atoms with E-state index in [1.165, 1.54) is 7.11 Å². The van der Waals surface area contributed by atoms with Crippen LogP contribution in [0.5, 0.6) is 17.2 Å². The van der Waals surface area contributed by atoms with Crippen LogP contribution in [0.3, 0.4) is 0 Å². The van der Waals surface area contributed by atoms with E-state index in [0.29, 0.717) is 30.5 Å². The van der Waals surface area contributed by atoms with E-state index in [0.717, 1.165) is 11.1 Å². The van der Waals surface area contributed by atoms with Gasteiger partial charge >= 0.3 is 5.97 Å². The number of benzene rings is 2. The number of hydrogen-bond donors (Lipinski definition) is 1. The van der Waals surface area contributed by atoms with Crippen LogP contribution in [-0.4, -0.2) is 38.8 Å². The summed E-state index contributed by atoms with van der Waals surface area (Å²) in [4.78, 5) is 24.9. The van der Waals surface area contributed by atoms with E-state index >= 15 is 0 Å². The normalized spacial score (nSPS) is 13.5. The highest BCUT2D eigenvalue weighted by atomic mass is 16.6. The molecular formula is C23H27NO6. The lowest BCUT2D eigenvalue weighted by atomic mass is 9.95. The van der Waals surface area contributed by atoms with E-state index in [-0.39, 0.29) is 30.0 Å². The minimum absolute atomic E-state index is 0.115. The first-order valence-electron chi connectivity index (χ1n) is 9.89. The number of carbonyl (C=O) groups is 2. The Labute approximate surface area is 176 Å². The minimum Gasteiger partial charge on any atom is -0.496 e. The highest BCUT2D eigenvalue weighted by Gasteiger charge is 2.22. The van der Waals surface area contributed by atoms with Crippen molar-refractivity contribution >= 4 is 11.9 Å². The summed E-state index contributed by atoms with van der Waals surface area (Å²) in [5.41, 5.74) is 2.08. The van der Waals surface area contributed by atoms with Crippen molar-refractivity contribution in [3.63, 3.8) is 0 Å². The highest BCUT2D eigenvalue weighted by Crippen LogP contribution is 2.34. The molecule has 1 aliphatic rings. The Kier molecular flexibility index (Phi) is 6.82. The molecule has 1 amide bonds. The molecule has 0 bridgehead atoms. The van der Waals surface area contributed by atoms with E-state index in [1.54, 1.807) is 12.1 Å². The maximum Gasteiger partial charge on any atom is 0.342 e. The summed E-state index contributed by atoms with van der Waals surface area (Å²) in [5.74, 6) is 0.887. The molecule has 160 valence electrons. The second-order valence-corrected chi connectivity index (χ2v) is 7.47. The second-order valence-electron chi connectivity index (χ2n) is 7.47. The quantitative estimate of drug-likeness (QED) is 0.700. The van der Waals surface area contributed by atoms with Gasteiger partial charge in [0.05, 0.1) is 13.2 Å². The van der Waals surface area contributed by atoms with Gasteiger partial charge in [-0.2, -0.15) is 0 Å². The van der Waals surface area contributed by atoms with Gasteiger partial charge < -0.3 is 24.3 Å². The summed E-state index contributed by atoms with van der Waals surface area (Å²) >= 11 is 0. The molecule has 1 atom stereocenters. The largest absolute Gasteiger partial charge is 0.496 e. The van der Waals surface area contributed by atoms with Crippen LogP contribution in [0.2, 0.25) is 0 Å². The van der Waals surface area contributed by atoms with Gasteiger partial charge in [-0.3, -0.25) is 4.79 Å². The number of rotatable bonds is 7. The number of aryl methyl sites for hydroxylation is 1. The Morgan fingerprint density at radius 2 is 1.80 bits per heavy atom. The maximum atomic E-state index is 12.5. The summed E-state index contributed by atoms with van der Waals surface area (Å²) in [5, 5.41) is 2.94. The molecule has 0 aromatic heterocycles. The minimum atomic E-state index is -0.605. The Morgan fingerprint density at radius 3 is 2.50 bits per heavy atom. The van der Waals surface area contributed by atoms with Crippen molar-refractivity contribution in [2.75, 3.05) is 26.9 Å². The maximum absolute atomic E-state index is 12.5. The van der Waals surface area contributed by atoms with Gasteiger partial charge in [-0.25, -0.2) is 4.79 Å². The Hall–Kier alpha value is -3.22. The van der Waals surface area contributed by atoms with Crippen molar-refractivity contribution in [1.82, 2.24) is 5.32 Å². The zero-order valence-electron chi connectivity index (χ0n) is 17.7. The average molecular weight is 413 g/mol. The van der Waals surface area contributed by atoms with Gasteiger partial charge in [0.2, 0.25) is 0 Å². The summed E-state index contributed by atoms with van der Waals surface area (Å²) in [6.45, 7) is 6.51. The number of hydrogen-bond acceptors (Lipinski definition) is 6. The number of methoxy groups -OCH3 is 1. The number of carbonyl (C=O) groups excluding carboxylic acids is 2. The van der Waals surface area contributed by atoms with Crippen LogP contribution < -0.4 is 19.5 Å². The van der Waals surface area contributed by atoms with E-state index in [9.17, 15) is 9.59 Å². The number of nitrogens with one attached hydrogen (secondary N) is 1. The molecule has 7 heteroatoms. The molecule has 0 fully saturated rings. The molecular weight excluding hydrogens is 386 g/mol. The topological polar surface area (TPSA) is 83.1 Å². The van der Waals surface area contributed by atoms with Crippen LogP contribution in [0.1, 0.15) is 41.4 Å². The third kappa shape index (κ3) is 5.03. The van der Waals surface area contributed by atoms with Gasteiger partial charge in [0.1, 0.15) is 24.5 Å². The predicted octanol–water partition coefficient (Wildman–Crippen LogP) is 3.45. The van der Waals surface area contributed by atoms with E-state index < -0.39 is 5.97 Å². The standard InChI is InChI=1S/C23H27NO6/c1-14(2)22(16-6-8-19-20(12-16)29-10-9-28-19)24-21(25)13-30-23(26)17-11-15(3)5-7-18(17)27-4/h5-8,11-12,14,22H,9-10,13H2,1-4H3,(H,24,25)/t22-/m0/s1. The lowest BCUT2D eigenvalue weighted by molar-refractivity contribution is -0.125. The van der Waals surface area contributed by atoms with E-state index in [2.05, 4.69) is 5.32 Å². The van der Waals surface area contributed by atoms with Crippen LogP contribution in [0, 0.1) is 12.8 Å². The third-order valence-electron chi connectivity index (χ3n) is 4.82. The van der Waals surface area contributed by atoms with Gasteiger partial charge in [-0.1, -0.05) is 31.5 Å². The third-order valence-corrected chi connectivity index (χ3v) is 4.82. The fraction of sp³-hybridized carbons (Fsp3) is 0.391. The molecule has 1 aliphatic heterocycles. The number of ether oxygens (including phenoxy) is 4. The SMILES string of the molecule is COc1ccc(C)cc1C(=O)OCC(=O)N[C@H](c1ccc2c(c1)OCCO2)C(C)C. The Balaban J connectivity index is 1.65. The van der Waals surface area contributed by atoms with Crippen molar-refractivity contribution < 1.29 is 28.5 Å². The molecule has 7 nitrogen and oxygen atoms in total. The first-order valence-corrected chi connectivity index (χ1v) is 9.89. The van der Waals surface area contributed by atoms with Gasteiger partial charge in [0.15, 0.2) is 18.1 Å². The van der Waals surface area contributed by atoms with Crippen molar-refractivity contribution in [3.8, 4) is 17.2 Å². The molecule has 0 unspecified atom stereocenters. The van der Waals surface area contributed by atoms with Crippen molar-refractivity contribution in [3.05, 3.63) is 53.1 Å². The van der Waals surface area contributed by atoms with Crippen LogP contribution >= 0.6 is 0 Å². The fourth-order valence-corrected chi connectivity index (χ4v) is 3.29. The lowest BCUT2D eigenvalue weighted by Gasteiger charge is -2.25. The zero-order valence-corrected chi connectivity index (χ0v) is 17.7. The molecule has 2 aromatic carbocycles. The monoisotopic (exact) mass is 413 g/mol. The molecule has 1 heterocycles. The molecule has 0 saturated carbocycles. The summed E-state index contributed by atoms with van der Waals surface area (Å²) in [6.07, 6.45) is 0. The fourth-order valence-electron chi connectivity index (χ4n) is 3.29. The highest BCUT2D eigenvalue weighted by molar-refractivity contribution is 5.94. The Morgan fingerprint density at radius 1 is 1.07 bits per heavy atom. The van der Waals surface area contributed by atoms with E-state index in [1.807, 2.05) is 45.0 Å². The molecule has 2 aromatic rings.